The number of fused-ring (bicyclic) bond motifs is 1. The Morgan fingerprint density at radius 1 is 1.29 bits per heavy atom. The maximum atomic E-state index is 13.4. The lowest BCUT2D eigenvalue weighted by atomic mass is 10.2. The molecule has 2 aromatic rings. The number of hydrogen-bond donors (Lipinski definition) is 1. The van der Waals surface area contributed by atoms with E-state index in [1.807, 2.05) is 23.9 Å². The highest BCUT2D eigenvalue weighted by Gasteiger charge is 2.37. The van der Waals surface area contributed by atoms with Gasteiger partial charge in [0.2, 0.25) is 15.9 Å². The summed E-state index contributed by atoms with van der Waals surface area (Å²) < 4.78 is 30.2. The molecule has 2 aliphatic heterocycles. The molecule has 10 heteroatoms. The van der Waals surface area contributed by atoms with Crippen molar-refractivity contribution >= 4 is 34.0 Å². The normalized spacial score (nSPS) is 19.9. The molecule has 1 N–H and O–H groups in total. The number of anilines is 1. The van der Waals surface area contributed by atoms with Gasteiger partial charge in [-0.2, -0.15) is 4.31 Å². The Bertz CT molecular complexity index is 991. The predicted octanol–water partition coefficient (Wildman–Crippen LogP) is 1.09. The zero-order chi connectivity index (χ0) is 19.2. The van der Waals surface area contributed by atoms with E-state index in [0.717, 1.165) is 12.0 Å². The number of rotatable bonds is 3. The molecule has 152 valence electrons. The number of imidazole rings is 1. The topological polar surface area (TPSA) is 87.5 Å². The third kappa shape index (κ3) is 3.43. The first kappa shape index (κ1) is 20.8. The third-order valence-electron chi connectivity index (χ3n) is 5.29. The van der Waals surface area contributed by atoms with Crippen molar-refractivity contribution in [2.24, 2.45) is 7.05 Å². The number of nitrogens with one attached hydrogen (secondary N) is 1. The van der Waals surface area contributed by atoms with Gasteiger partial charge in [0.1, 0.15) is 5.82 Å². The van der Waals surface area contributed by atoms with E-state index in [0.29, 0.717) is 37.7 Å². The number of halogens is 1. The number of piperazine rings is 1. The molecule has 0 aliphatic carbocycles. The molecule has 28 heavy (non-hydrogen) atoms. The van der Waals surface area contributed by atoms with Gasteiger partial charge >= 0.3 is 0 Å². The number of sulfonamides is 1. The summed E-state index contributed by atoms with van der Waals surface area (Å²) in [6.07, 6.45) is 4.24. The predicted molar refractivity (Wildman–Crippen MR) is 108 cm³/mol. The summed E-state index contributed by atoms with van der Waals surface area (Å²) in [6, 6.07) is 4.73. The van der Waals surface area contributed by atoms with Crippen LogP contribution in [0.5, 0.6) is 0 Å². The minimum Gasteiger partial charge on any atom is -0.337 e. The van der Waals surface area contributed by atoms with Crippen molar-refractivity contribution in [1.82, 2.24) is 19.2 Å². The van der Waals surface area contributed by atoms with Gasteiger partial charge in [-0.15, -0.1) is 12.4 Å². The highest BCUT2D eigenvalue weighted by Crippen LogP contribution is 2.34. The van der Waals surface area contributed by atoms with Gasteiger partial charge in [-0.05, 0) is 24.1 Å². The minimum absolute atomic E-state index is 0. The van der Waals surface area contributed by atoms with Gasteiger partial charge in [0.15, 0.2) is 0 Å². The van der Waals surface area contributed by atoms with Gasteiger partial charge in [0, 0.05) is 58.2 Å². The first-order valence-corrected chi connectivity index (χ1v) is 10.4. The zero-order valence-corrected chi connectivity index (χ0v) is 17.5. The van der Waals surface area contributed by atoms with E-state index in [2.05, 4.69) is 10.3 Å². The Morgan fingerprint density at radius 2 is 2.07 bits per heavy atom. The molecule has 4 rings (SSSR count). The molecule has 1 aromatic carbocycles. The number of benzene rings is 1. The summed E-state index contributed by atoms with van der Waals surface area (Å²) in [4.78, 5) is 18.1. The number of hydrogen-bond acceptors (Lipinski definition) is 5. The van der Waals surface area contributed by atoms with Gasteiger partial charge < -0.3 is 14.8 Å². The SMILES string of the molecule is CC(=O)N1CCc2ccc(S(=O)(=O)N3CCNCC3c3nccn3C)cc21.Cl. The van der Waals surface area contributed by atoms with E-state index in [9.17, 15) is 13.2 Å². The number of aryl methyl sites for hydroxylation is 1. The molecule has 3 heterocycles. The van der Waals surface area contributed by atoms with E-state index in [-0.39, 0.29) is 29.3 Å². The summed E-state index contributed by atoms with van der Waals surface area (Å²) in [5, 5.41) is 3.26. The smallest absolute Gasteiger partial charge is 0.243 e. The van der Waals surface area contributed by atoms with Crippen LogP contribution in [0.3, 0.4) is 0 Å². The maximum Gasteiger partial charge on any atom is 0.243 e. The fraction of sp³-hybridized carbons (Fsp3) is 0.444. The van der Waals surface area contributed by atoms with Crippen LogP contribution in [-0.2, 0) is 28.3 Å². The van der Waals surface area contributed by atoms with Gasteiger partial charge in [-0.3, -0.25) is 4.79 Å². The molecule has 1 fully saturated rings. The molecule has 1 aromatic heterocycles. The van der Waals surface area contributed by atoms with E-state index < -0.39 is 10.0 Å². The van der Waals surface area contributed by atoms with Crippen LogP contribution < -0.4 is 10.2 Å². The third-order valence-corrected chi connectivity index (χ3v) is 7.19. The van der Waals surface area contributed by atoms with Crippen LogP contribution in [0.1, 0.15) is 24.4 Å². The van der Waals surface area contributed by atoms with Crippen LogP contribution in [0.25, 0.3) is 0 Å². The summed E-state index contributed by atoms with van der Waals surface area (Å²) in [6.45, 7) is 3.56. The van der Waals surface area contributed by atoms with Crippen molar-refractivity contribution in [2.75, 3.05) is 31.1 Å². The van der Waals surface area contributed by atoms with Crippen LogP contribution in [0.2, 0.25) is 0 Å². The Hall–Kier alpha value is -1.94. The van der Waals surface area contributed by atoms with Gasteiger partial charge in [0.25, 0.3) is 0 Å². The summed E-state index contributed by atoms with van der Waals surface area (Å²) >= 11 is 0. The number of carbonyl (C=O) groups excluding carboxylic acids is 1. The standard InChI is InChI=1S/C18H23N5O3S.ClH/c1-13(24)22-8-5-14-3-4-15(11-16(14)22)27(25,26)23-10-6-19-12-17(23)18-20-7-9-21(18)2;/h3-4,7,9,11,17,19H,5-6,8,10,12H2,1-2H3;1H. The van der Waals surface area contributed by atoms with Crippen molar-refractivity contribution in [1.29, 1.82) is 0 Å². The quantitative estimate of drug-likeness (QED) is 0.795. The molecular formula is C18H24ClN5O3S. The molecule has 0 saturated carbocycles. The molecule has 1 saturated heterocycles. The maximum absolute atomic E-state index is 13.4. The van der Waals surface area contributed by atoms with Crippen LogP contribution in [0, 0.1) is 0 Å². The fourth-order valence-corrected chi connectivity index (χ4v) is 5.48. The molecule has 0 radical (unpaired) electrons. The average molecular weight is 426 g/mol. The number of amides is 1. The lowest BCUT2D eigenvalue weighted by molar-refractivity contribution is -0.116. The average Bonchev–Trinajstić information content (AvgIpc) is 3.27. The van der Waals surface area contributed by atoms with Crippen molar-refractivity contribution in [2.45, 2.75) is 24.3 Å². The van der Waals surface area contributed by atoms with Crippen LogP contribution in [0.15, 0.2) is 35.5 Å². The summed E-state index contributed by atoms with van der Waals surface area (Å²) in [5.74, 6) is 0.633. The van der Waals surface area contributed by atoms with Gasteiger partial charge in [-0.1, -0.05) is 6.07 Å². The fourth-order valence-electron chi connectivity index (χ4n) is 3.87. The van der Waals surface area contributed by atoms with Crippen LogP contribution in [-0.4, -0.2) is 54.4 Å². The molecule has 1 atom stereocenters. The Balaban J connectivity index is 0.00000225. The first-order valence-electron chi connectivity index (χ1n) is 9.00. The lowest BCUT2D eigenvalue weighted by Gasteiger charge is -2.34. The Labute approximate surface area is 171 Å². The van der Waals surface area contributed by atoms with Crippen LogP contribution in [0.4, 0.5) is 5.69 Å². The number of aromatic nitrogens is 2. The van der Waals surface area contributed by atoms with E-state index in [1.54, 1.807) is 23.2 Å². The summed E-state index contributed by atoms with van der Waals surface area (Å²) in [5.41, 5.74) is 1.71. The van der Waals surface area contributed by atoms with Crippen LogP contribution >= 0.6 is 12.4 Å². The van der Waals surface area contributed by atoms with Crippen molar-refractivity contribution in [3.63, 3.8) is 0 Å². The van der Waals surface area contributed by atoms with Crippen molar-refractivity contribution in [3.8, 4) is 0 Å². The second kappa shape index (κ2) is 7.82. The number of nitrogens with zero attached hydrogens (tertiary/aromatic N) is 4. The number of carbonyl (C=O) groups is 1. The molecular weight excluding hydrogens is 402 g/mol. The molecule has 1 amide bonds. The Kier molecular flexibility index (Phi) is 5.81. The first-order chi connectivity index (χ1) is 12.9. The molecule has 1 unspecified atom stereocenters. The van der Waals surface area contributed by atoms with Crippen molar-refractivity contribution < 1.29 is 13.2 Å². The zero-order valence-electron chi connectivity index (χ0n) is 15.8. The highest BCUT2D eigenvalue weighted by atomic mass is 35.5. The molecule has 2 aliphatic rings. The minimum atomic E-state index is -3.72. The van der Waals surface area contributed by atoms with Crippen molar-refractivity contribution in [3.05, 3.63) is 42.0 Å². The molecule has 8 nitrogen and oxygen atoms in total. The monoisotopic (exact) mass is 425 g/mol. The van der Waals surface area contributed by atoms with Gasteiger partial charge in [0.05, 0.1) is 10.9 Å². The second-order valence-corrected chi connectivity index (χ2v) is 8.83. The highest BCUT2D eigenvalue weighted by molar-refractivity contribution is 7.89. The molecule has 0 bridgehead atoms. The second-order valence-electron chi connectivity index (χ2n) is 6.94. The van der Waals surface area contributed by atoms with Gasteiger partial charge in [-0.25, -0.2) is 13.4 Å². The lowest BCUT2D eigenvalue weighted by Crippen LogP contribution is -2.49. The van der Waals surface area contributed by atoms with E-state index in [1.165, 1.54) is 11.2 Å². The summed E-state index contributed by atoms with van der Waals surface area (Å²) in [7, 11) is -1.86. The Morgan fingerprint density at radius 3 is 2.75 bits per heavy atom. The molecule has 0 spiro atoms. The van der Waals surface area contributed by atoms with E-state index >= 15 is 0 Å². The van der Waals surface area contributed by atoms with E-state index in [4.69, 9.17) is 0 Å². The largest absolute Gasteiger partial charge is 0.337 e.